The van der Waals surface area contributed by atoms with Crippen molar-refractivity contribution in [2.45, 2.75) is 18.9 Å². The van der Waals surface area contributed by atoms with Gasteiger partial charge in [0.05, 0.1) is 16.9 Å². The summed E-state index contributed by atoms with van der Waals surface area (Å²) < 4.78 is 22.0. The number of anilines is 1. The summed E-state index contributed by atoms with van der Waals surface area (Å²) in [5, 5.41) is 14.8. The predicted molar refractivity (Wildman–Crippen MR) is 151 cm³/mol. The molecule has 40 heavy (non-hydrogen) atoms. The van der Waals surface area contributed by atoms with E-state index in [1.165, 1.54) is 17.0 Å². The minimum absolute atomic E-state index is 0.000264. The van der Waals surface area contributed by atoms with Crippen LogP contribution in [0, 0.1) is 5.82 Å². The SMILES string of the molecule is O=C(O)c1sc(-c2ccc(-c3cc4ncccn4n3)cc2)cc1N(C(=O)c1ccc(Cl)cc1F)C1CCOCC1. The monoisotopic (exact) mass is 576 g/mol. The maximum absolute atomic E-state index is 14.8. The van der Waals surface area contributed by atoms with E-state index in [0.29, 0.717) is 30.9 Å². The van der Waals surface area contributed by atoms with Gasteiger partial charge in [-0.05, 0) is 48.7 Å². The molecule has 1 aliphatic heterocycles. The van der Waals surface area contributed by atoms with Gasteiger partial charge in [0, 0.05) is 53.2 Å². The number of thiophene rings is 1. The lowest BCUT2D eigenvalue weighted by atomic mass is 10.0. The normalized spacial score (nSPS) is 13.9. The number of fused-ring (bicyclic) bond motifs is 1. The average molecular weight is 577 g/mol. The molecule has 5 aromatic rings. The van der Waals surface area contributed by atoms with Crippen molar-refractivity contribution < 1.29 is 23.8 Å². The number of carbonyl (C=O) groups excluding carboxylic acids is 1. The maximum Gasteiger partial charge on any atom is 0.348 e. The van der Waals surface area contributed by atoms with Crippen LogP contribution in [0.5, 0.6) is 0 Å². The highest BCUT2D eigenvalue weighted by molar-refractivity contribution is 7.18. The molecule has 0 saturated carbocycles. The molecule has 1 aliphatic rings. The number of halogens is 2. The van der Waals surface area contributed by atoms with E-state index in [2.05, 4.69) is 10.1 Å². The van der Waals surface area contributed by atoms with Gasteiger partial charge in [-0.1, -0.05) is 35.9 Å². The minimum atomic E-state index is -1.17. The molecule has 4 heterocycles. The Hall–Kier alpha value is -4.12. The van der Waals surface area contributed by atoms with E-state index in [4.69, 9.17) is 16.3 Å². The molecule has 0 radical (unpaired) electrons. The Balaban J connectivity index is 1.39. The van der Waals surface area contributed by atoms with Crippen molar-refractivity contribution >= 4 is 46.1 Å². The molecule has 2 aromatic carbocycles. The smallest absolute Gasteiger partial charge is 0.348 e. The zero-order chi connectivity index (χ0) is 27.8. The van der Waals surface area contributed by atoms with Crippen molar-refractivity contribution in [1.29, 1.82) is 0 Å². The molecule has 0 atom stereocenters. The van der Waals surface area contributed by atoms with E-state index in [0.717, 1.165) is 39.9 Å². The summed E-state index contributed by atoms with van der Waals surface area (Å²) in [4.78, 5) is 32.5. The lowest BCUT2D eigenvalue weighted by Crippen LogP contribution is -2.44. The third-order valence-corrected chi connectivity index (χ3v) is 8.20. The number of ether oxygens (including phenoxy) is 1. The average Bonchev–Trinajstić information content (AvgIpc) is 3.59. The van der Waals surface area contributed by atoms with Crippen molar-refractivity contribution in [3.05, 3.63) is 94.3 Å². The van der Waals surface area contributed by atoms with Crippen molar-refractivity contribution in [3.63, 3.8) is 0 Å². The number of nitrogens with zero attached hydrogens (tertiary/aromatic N) is 4. The summed E-state index contributed by atoms with van der Waals surface area (Å²) in [6.45, 7) is 0.827. The van der Waals surface area contributed by atoms with Gasteiger partial charge in [0.25, 0.3) is 5.91 Å². The largest absolute Gasteiger partial charge is 0.477 e. The highest BCUT2D eigenvalue weighted by Gasteiger charge is 2.34. The number of carbonyl (C=O) groups is 2. The fourth-order valence-electron chi connectivity index (χ4n) is 4.84. The van der Waals surface area contributed by atoms with Gasteiger partial charge in [-0.15, -0.1) is 11.3 Å². The van der Waals surface area contributed by atoms with E-state index in [1.54, 1.807) is 22.8 Å². The van der Waals surface area contributed by atoms with Crippen LogP contribution < -0.4 is 4.90 Å². The first kappa shape index (κ1) is 26.1. The standard InChI is InChI=1S/C29H22ClFN4O4S/c30-19-6-7-21(22(31)14-19)28(36)35(20-8-12-39-13-9-20)24-16-25(40-27(24)29(37)38)18-4-2-17(3-5-18)23-15-26-32-10-1-11-34(26)33-23/h1-7,10-11,14-16,20H,8-9,12-13H2,(H,37,38). The first-order chi connectivity index (χ1) is 19.4. The van der Waals surface area contributed by atoms with Crippen LogP contribution in [0.3, 0.4) is 0 Å². The van der Waals surface area contributed by atoms with E-state index in [9.17, 15) is 19.1 Å². The van der Waals surface area contributed by atoms with Crippen LogP contribution in [0.25, 0.3) is 27.3 Å². The Bertz CT molecular complexity index is 1700. The van der Waals surface area contributed by atoms with Gasteiger partial charge < -0.3 is 14.7 Å². The van der Waals surface area contributed by atoms with Gasteiger partial charge in [-0.25, -0.2) is 18.7 Å². The predicted octanol–water partition coefficient (Wildman–Crippen LogP) is 6.44. The second kappa shape index (κ2) is 10.8. The summed E-state index contributed by atoms with van der Waals surface area (Å²) in [5.74, 6) is -2.55. The Morgan fingerprint density at radius 3 is 2.52 bits per heavy atom. The van der Waals surface area contributed by atoms with E-state index >= 15 is 0 Å². The van der Waals surface area contributed by atoms with Crippen molar-refractivity contribution in [3.8, 4) is 21.7 Å². The molecule has 0 unspecified atom stereocenters. The summed E-state index contributed by atoms with van der Waals surface area (Å²) in [7, 11) is 0. The number of hydrogen-bond donors (Lipinski definition) is 1. The minimum Gasteiger partial charge on any atom is -0.477 e. The van der Waals surface area contributed by atoms with E-state index < -0.39 is 17.7 Å². The van der Waals surface area contributed by atoms with Gasteiger partial charge in [0.15, 0.2) is 5.65 Å². The molecular formula is C29H22ClFN4O4S. The molecule has 8 nitrogen and oxygen atoms in total. The summed E-state index contributed by atoms with van der Waals surface area (Å²) >= 11 is 6.98. The molecule has 0 aliphatic carbocycles. The molecule has 3 aromatic heterocycles. The fourth-order valence-corrected chi connectivity index (χ4v) is 5.99. The Labute approximate surface area is 237 Å². The summed E-state index contributed by atoms with van der Waals surface area (Å²) in [6.07, 6.45) is 4.51. The van der Waals surface area contributed by atoms with Gasteiger partial charge >= 0.3 is 5.97 Å². The van der Waals surface area contributed by atoms with Crippen LogP contribution in [0.1, 0.15) is 32.9 Å². The number of carboxylic acids is 1. The van der Waals surface area contributed by atoms with Crippen LogP contribution >= 0.6 is 22.9 Å². The van der Waals surface area contributed by atoms with Gasteiger partial charge in [-0.2, -0.15) is 5.10 Å². The van der Waals surface area contributed by atoms with Crippen LogP contribution in [0.4, 0.5) is 10.1 Å². The molecule has 1 amide bonds. The fraction of sp³-hybridized carbons (Fsp3) is 0.172. The third kappa shape index (κ3) is 4.97. The van der Waals surface area contributed by atoms with Crippen LogP contribution in [0.15, 0.2) is 73.1 Å². The van der Waals surface area contributed by atoms with Crippen LogP contribution in [-0.2, 0) is 4.74 Å². The lowest BCUT2D eigenvalue weighted by molar-refractivity contribution is 0.0701. The first-order valence-corrected chi connectivity index (χ1v) is 13.7. The molecule has 0 bridgehead atoms. The van der Waals surface area contributed by atoms with Crippen LogP contribution in [-0.4, -0.2) is 50.8 Å². The van der Waals surface area contributed by atoms with E-state index in [-0.39, 0.29) is 27.2 Å². The highest BCUT2D eigenvalue weighted by atomic mass is 35.5. The maximum atomic E-state index is 14.8. The second-order valence-corrected chi connectivity index (χ2v) is 10.8. The zero-order valence-corrected chi connectivity index (χ0v) is 22.5. The Morgan fingerprint density at radius 2 is 1.82 bits per heavy atom. The number of hydrogen-bond acceptors (Lipinski definition) is 6. The molecule has 6 rings (SSSR count). The molecule has 202 valence electrons. The highest BCUT2D eigenvalue weighted by Crippen LogP contribution is 2.40. The number of aromatic carboxylic acids is 1. The second-order valence-electron chi connectivity index (χ2n) is 9.30. The number of carboxylic acid groups (broad SMARTS) is 1. The Morgan fingerprint density at radius 1 is 1.07 bits per heavy atom. The van der Waals surface area contributed by atoms with E-state index in [1.807, 2.05) is 36.5 Å². The molecule has 1 N–H and O–H groups in total. The number of benzene rings is 2. The zero-order valence-electron chi connectivity index (χ0n) is 21.0. The summed E-state index contributed by atoms with van der Waals surface area (Å²) in [6, 6.07) is 16.4. The molecular weight excluding hydrogens is 555 g/mol. The van der Waals surface area contributed by atoms with Crippen molar-refractivity contribution in [2.75, 3.05) is 18.1 Å². The third-order valence-electron chi connectivity index (χ3n) is 6.80. The number of aromatic nitrogens is 3. The molecule has 1 saturated heterocycles. The lowest BCUT2D eigenvalue weighted by Gasteiger charge is -2.34. The quantitative estimate of drug-likeness (QED) is 0.250. The molecule has 11 heteroatoms. The topological polar surface area (TPSA) is 97.0 Å². The first-order valence-electron chi connectivity index (χ1n) is 12.5. The number of rotatable bonds is 6. The molecule has 0 spiro atoms. The van der Waals surface area contributed by atoms with Gasteiger partial charge in [-0.3, -0.25) is 4.79 Å². The molecule has 1 fully saturated rings. The summed E-state index contributed by atoms with van der Waals surface area (Å²) in [5.41, 5.74) is 3.19. The van der Waals surface area contributed by atoms with Crippen molar-refractivity contribution in [1.82, 2.24) is 14.6 Å². The number of amides is 1. The van der Waals surface area contributed by atoms with Crippen LogP contribution in [0.2, 0.25) is 5.02 Å². The Kier molecular flexibility index (Phi) is 7.05. The van der Waals surface area contributed by atoms with Gasteiger partial charge in [0.1, 0.15) is 10.7 Å². The van der Waals surface area contributed by atoms with Gasteiger partial charge in [0.2, 0.25) is 0 Å². The van der Waals surface area contributed by atoms with Crippen molar-refractivity contribution in [2.24, 2.45) is 0 Å².